The average molecular weight is 450 g/mol. The number of hydrogen-bond donors (Lipinski definition) is 1. The predicted octanol–water partition coefficient (Wildman–Crippen LogP) is 5.22. The second kappa shape index (κ2) is 8.58. The van der Waals surface area contributed by atoms with Gasteiger partial charge in [-0.05, 0) is 55.5 Å². The van der Waals surface area contributed by atoms with E-state index in [4.69, 9.17) is 0 Å². The summed E-state index contributed by atoms with van der Waals surface area (Å²) in [6.45, 7) is 1.82. The number of halogens is 3. The zero-order valence-corrected chi connectivity index (χ0v) is 16.6. The molecule has 0 unspecified atom stereocenters. The first-order valence-corrected chi connectivity index (χ1v) is 9.68. The van der Waals surface area contributed by atoms with Crippen molar-refractivity contribution in [1.82, 2.24) is 9.97 Å². The first-order chi connectivity index (χ1) is 12.9. The lowest BCUT2D eigenvalue weighted by Crippen LogP contribution is -2.15. The molecule has 3 rings (SSSR count). The third kappa shape index (κ3) is 5.33. The number of anilines is 1. The van der Waals surface area contributed by atoms with E-state index >= 15 is 0 Å². The molecule has 0 saturated heterocycles. The molecular formula is C19H14BrF2N3OS. The molecule has 0 radical (unpaired) electrons. The van der Waals surface area contributed by atoms with Gasteiger partial charge >= 0.3 is 0 Å². The maximum absolute atomic E-state index is 13.8. The lowest BCUT2D eigenvalue weighted by molar-refractivity contribution is -0.113. The third-order valence-corrected chi connectivity index (χ3v) is 4.89. The van der Waals surface area contributed by atoms with Crippen molar-refractivity contribution in [3.63, 3.8) is 0 Å². The molecule has 0 fully saturated rings. The van der Waals surface area contributed by atoms with Gasteiger partial charge in [-0.3, -0.25) is 4.79 Å². The van der Waals surface area contributed by atoms with E-state index in [1.54, 1.807) is 24.3 Å². The fourth-order valence-corrected chi connectivity index (χ4v) is 3.35. The molecule has 0 spiro atoms. The molecule has 8 heteroatoms. The van der Waals surface area contributed by atoms with Crippen molar-refractivity contribution in [2.45, 2.75) is 11.9 Å². The van der Waals surface area contributed by atoms with Crippen LogP contribution in [0.5, 0.6) is 0 Å². The monoisotopic (exact) mass is 449 g/mol. The largest absolute Gasteiger partial charge is 0.323 e. The number of benzene rings is 2. The summed E-state index contributed by atoms with van der Waals surface area (Å²) >= 11 is 4.38. The topological polar surface area (TPSA) is 54.9 Å². The second-order valence-electron chi connectivity index (χ2n) is 5.64. The highest BCUT2D eigenvalue weighted by molar-refractivity contribution is 9.10. The van der Waals surface area contributed by atoms with Crippen molar-refractivity contribution in [2.75, 3.05) is 11.1 Å². The molecule has 1 N–H and O–H groups in total. The smallest absolute Gasteiger partial charge is 0.234 e. The van der Waals surface area contributed by atoms with Crippen LogP contribution in [0.25, 0.3) is 11.4 Å². The Labute approximate surface area is 167 Å². The number of hydrogen-bond acceptors (Lipinski definition) is 4. The Kier molecular flexibility index (Phi) is 6.18. The van der Waals surface area contributed by atoms with E-state index in [9.17, 15) is 13.6 Å². The Bertz CT molecular complexity index is 983. The van der Waals surface area contributed by atoms with E-state index in [-0.39, 0.29) is 23.2 Å². The van der Waals surface area contributed by atoms with Crippen LogP contribution in [0.2, 0.25) is 0 Å². The maximum Gasteiger partial charge on any atom is 0.234 e. The van der Waals surface area contributed by atoms with Gasteiger partial charge in [0.2, 0.25) is 5.91 Å². The van der Waals surface area contributed by atoms with Gasteiger partial charge < -0.3 is 5.32 Å². The fraction of sp³-hybridized carbons (Fsp3) is 0.105. The van der Waals surface area contributed by atoms with Crippen LogP contribution in [0.1, 0.15) is 5.69 Å². The average Bonchev–Trinajstić information content (AvgIpc) is 2.62. The highest BCUT2D eigenvalue weighted by atomic mass is 79.9. The SMILES string of the molecule is Cc1cc(SCC(=O)Nc2ccc(Br)cc2F)nc(-c2ccc(F)cc2)n1. The molecule has 138 valence electrons. The molecule has 27 heavy (non-hydrogen) atoms. The van der Waals surface area contributed by atoms with Crippen molar-refractivity contribution in [3.8, 4) is 11.4 Å². The van der Waals surface area contributed by atoms with Crippen LogP contribution in [0.4, 0.5) is 14.5 Å². The lowest BCUT2D eigenvalue weighted by Gasteiger charge is -2.08. The summed E-state index contributed by atoms with van der Waals surface area (Å²) in [4.78, 5) is 20.9. The fourth-order valence-electron chi connectivity index (χ4n) is 2.26. The third-order valence-electron chi connectivity index (χ3n) is 3.49. The summed E-state index contributed by atoms with van der Waals surface area (Å²) in [5.74, 6) is -0.677. The predicted molar refractivity (Wildman–Crippen MR) is 106 cm³/mol. The van der Waals surface area contributed by atoms with Crippen molar-refractivity contribution in [2.24, 2.45) is 0 Å². The number of nitrogens with one attached hydrogen (secondary N) is 1. The summed E-state index contributed by atoms with van der Waals surface area (Å²) < 4.78 is 27.5. The number of carbonyl (C=O) groups excluding carboxylic acids is 1. The van der Waals surface area contributed by atoms with Crippen LogP contribution in [-0.4, -0.2) is 21.6 Å². The van der Waals surface area contributed by atoms with Gasteiger partial charge in [0.1, 0.15) is 16.7 Å². The van der Waals surface area contributed by atoms with Gasteiger partial charge in [0.05, 0.1) is 11.4 Å². The molecule has 2 aromatic carbocycles. The second-order valence-corrected chi connectivity index (χ2v) is 7.55. The van der Waals surface area contributed by atoms with E-state index in [2.05, 4.69) is 31.2 Å². The quantitative estimate of drug-likeness (QED) is 0.428. The van der Waals surface area contributed by atoms with Crippen LogP contribution in [0.15, 0.2) is 58.0 Å². The Hall–Kier alpha value is -2.32. The molecule has 0 saturated carbocycles. The molecule has 0 atom stereocenters. The lowest BCUT2D eigenvalue weighted by atomic mass is 10.2. The number of thioether (sulfide) groups is 1. The number of nitrogens with zero attached hydrogens (tertiary/aromatic N) is 2. The van der Waals surface area contributed by atoms with E-state index < -0.39 is 5.82 Å². The van der Waals surface area contributed by atoms with Crippen molar-refractivity contribution >= 4 is 39.3 Å². The number of carbonyl (C=O) groups is 1. The standard InChI is InChI=1S/C19H14BrF2N3OS/c1-11-8-18(25-19(23-11)12-2-5-14(21)6-3-12)27-10-17(26)24-16-7-4-13(20)9-15(16)22/h2-9H,10H2,1H3,(H,24,26). The maximum atomic E-state index is 13.8. The van der Waals surface area contributed by atoms with Gasteiger partial charge in [-0.2, -0.15) is 0 Å². The molecule has 1 amide bonds. The van der Waals surface area contributed by atoms with Crippen LogP contribution in [-0.2, 0) is 4.79 Å². The van der Waals surface area contributed by atoms with Crippen LogP contribution in [0.3, 0.4) is 0 Å². The van der Waals surface area contributed by atoms with Crippen LogP contribution < -0.4 is 5.32 Å². The van der Waals surface area contributed by atoms with Crippen molar-refractivity contribution < 1.29 is 13.6 Å². The van der Waals surface area contributed by atoms with Gasteiger partial charge in [0.15, 0.2) is 5.82 Å². The molecule has 4 nitrogen and oxygen atoms in total. The van der Waals surface area contributed by atoms with Gasteiger partial charge in [0, 0.05) is 15.7 Å². The molecule has 1 heterocycles. The molecule has 3 aromatic rings. The minimum Gasteiger partial charge on any atom is -0.323 e. The summed E-state index contributed by atoms with van der Waals surface area (Å²) in [5, 5.41) is 3.14. The highest BCUT2D eigenvalue weighted by Gasteiger charge is 2.11. The van der Waals surface area contributed by atoms with Crippen molar-refractivity contribution in [3.05, 3.63) is 70.3 Å². The minimum absolute atomic E-state index is 0.0643. The molecule has 1 aromatic heterocycles. The first-order valence-electron chi connectivity index (χ1n) is 7.90. The Balaban J connectivity index is 1.68. The highest BCUT2D eigenvalue weighted by Crippen LogP contribution is 2.23. The van der Waals surface area contributed by atoms with E-state index in [1.807, 2.05) is 6.92 Å². The number of amides is 1. The van der Waals surface area contributed by atoms with Crippen molar-refractivity contribution in [1.29, 1.82) is 0 Å². The summed E-state index contributed by atoms with van der Waals surface area (Å²) in [6, 6.07) is 12.1. The zero-order chi connectivity index (χ0) is 19.4. The Morgan fingerprint density at radius 1 is 1.11 bits per heavy atom. The summed E-state index contributed by atoms with van der Waals surface area (Å²) in [5.41, 5.74) is 1.53. The van der Waals surface area contributed by atoms with Gasteiger partial charge in [-0.15, -0.1) is 0 Å². The van der Waals surface area contributed by atoms with E-state index in [0.717, 1.165) is 5.69 Å². The van der Waals surface area contributed by atoms with Crippen LogP contribution >= 0.6 is 27.7 Å². The number of rotatable bonds is 5. The molecular weight excluding hydrogens is 436 g/mol. The minimum atomic E-state index is -0.515. The van der Waals surface area contributed by atoms with E-state index in [1.165, 1.54) is 36.0 Å². The van der Waals surface area contributed by atoms with Gasteiger partial charge in [-0.1, -0.05) is 27.7 Å². The number of aryl methyl sites for hydroxylation is 1. The van der Waals surface area contributed by atoms with Gasteiger partial charge in [-0.25, -0.2) is 18.7 Å². The van der Waals surface area contributed by atoms with Gasteiger partial charge in [0.25, 0.3) is 0 Å². The number of aromatic nitrogens is 2. The zero-order valence-electron chi connectivity index (χ0n) is 14.2. The molecule has 0 aliphatic heterocycles. The summed E-state index contributed by atoms with van der Waals surface area (Å²) in [6.07, 6.45) is 0. The Morgan fingerprint density at radius 2 is 1.85 bits per heavy atom. The first kappa shape index (κ1) is 19.4. The van der Waals surface area contributed by atoms with Crippen LogP contribution in [0, 0.1) is 18.6 Å². The molecule has 0 aliphatic rings. The molecule has 0 aliphatic carbocycles. The van der Waals surface area contributed by atoms with E-state index in [0.29, 0.717) is 20.9 Å². The Morgan fingerprint density at radius 3 is 2.56 bits per heavy atom. The molecule has 0 bridgehead atoms. The summed E-state index contributed by atoms with van der Waals surface area (Å²) in [7, 11) is 0. The normalized spacial score (nSPS) is 10.7.